The lowest BCUT2D eigenvalue weighted by molar-refractivity contribution is 0.233. The Hall–Kier alpha value is -2.55. The van der Waals surface area contributed by atoms with Gasteiger partial charge in [-0.3, -0.25) is 0 Å². The standard InChI is InChI=1S/C15H17N3O3/c1-10(2)6-14-17-15(21-18-14)9-20-12-5-4-11(8-16)7-13(12)19-3/h4-5,7,10H,6,9H2,1-3H3. The highest BCUT2D eigenvalue weighted by molar-refractivity contribution is 5.46. The zero-order valence-corrected chi connectivity index (χ0v) is 12.3. The number of methoxy groups -OCH3 is 1. The molecule has 0 atom stereocenters. The monoisotopic (exact) mass is 287 g/mol. The van der Waals surface area contributed by atoms with Gasteiger partial charge in [-0.25, -0.2) is 0 Å². The van der Waals surface area contributed by atoms with Crippen molar-refractivity contribution in [1.29, 1.82) is 5.26 Å². The van der Waals surface area contributed by atoms with Gasteiger partial charge in [-0.15, -0.1) is 0 Å². The molecule has 0 saturated heterocycles. The molecule has 6 nitrogen and oxygen atoms in total. The van der Waals surface area contributed by atoms with E-state index in [1.54, 1.807) is 18.2 Å². The molecule has 0 fully saturated rings. The summed E-state index contributed by atoms with van der Waals surface area (Å²) in [5.74, 6) is 2.58. The fraction of sp³-hybridized carbons (Fsp3) is 0.400. The van der Waals surface area contributed by atoms with Crippen molar-refractivity contribution < 1.29 is 14.0 Å². The fourth-order valence-corrected chi connectivity index (χ4v) is 1.79. The highest BCUT2D eigenvalue weighted by atomic mass is 16.5. The Bertz CT molecular complexity index is 644. The minimum absolute atomic E-state index is 0.160. The number of hydrogen-bond donors (Lipinski definition) is 0. The van der Waals surface area contributed by atoms with Crippen LogP contribution in [-0.4, -0.2) is 17.3 Å². The third kappa shape index (κ3) is 3.96. The second kappa shape index (κ2) is 6.75. The van der Waals surface area contributed by atoms with Crippen LogP contribution < -0.4 is 9.47 Å². The average Bonchev–Trinajstić information content (AvgIpc) is 2.91. The van der Waals surface area contributed by atoms with Crippen LogP contribution in [0.15, 0.2) is 22.7 Å². The van der Waals surface area contributed by atoms with Crippen LogP contribution in [0, 0.1) is 17.2 Å². The van der Waals surface area contributed by atoms with E-state index in [1.807, 2.05) is 6.07 Å². The maximum atomic E-state index is 8.85. The molecule has 1 heterocycles. The van der Waals surface area contributed by atoms with Gasteiger partial charge in [-0.05, 0) is 18.1 Å². The van der Waals surface area contributed by atoms with Gasteiger partial charge in [0, 0.05) is 12.5 Å². The molecule has 0 N–H and O–H groups in total. The lowest BCUT2D eigenvalue weighted by Gasteiger charge is -2.08. The molecule has 0 saturated carbocycles. The average molecular weight is 287 g/mol. The molecule has 6 heteroatoms. The fourth-order valence-electron chi connectivity index (χ4n) is 1.79. The maximum absolute atomic E-state index is 8.85. The molecule has 0 aliphatic heterocycles. The lowest BCUT2D eigenvalue weighted by atomic mass is 10.1. The van der Waals surface area contributed by atoms with Crippen molar-refractivity contribution in [2.24, 2.45) is 5.92 Å². The van der Waals surface area contributed by atoms with Gasteiger partial charge in [0.2, 0.25) is 0 Å². The van der Waals surface area contributed by atoms with Crippen molar-refractivity contribution in [3.05, 3.63) is 35.5 Å². The molecular formula is C15H17N3O3. The number of aromatic nitrogens is 2. The third-order valence-electron chi connectivity index (χ3n) is 2.74. The minimum atomic E-state index is 0.160. The van der Waals surface area contributed by atoms with Crippen LogP contribution in [-0.2, 0) is 13.0 Å². The molecular weight excluding hydrogens is 270 g/mol. The first kappa shape index (κ1) is 14.9. The summed E-state index contributed by atoms with van der Waals surface area (Å²) in [5.41, 5.74) is 0.510. The predicted octanol–water partition coefficient (Wildman–Crippen LogP) is 2.73. The molecule has 0 radical (unpaired) electrons. The van der Waals surface area contributed by atoms with Crippen LogP contribution in [0.25, 0.3) is 0 Å². The van der Waals surface area contributed by atoms with Gasteiger partial charge in [0.15, 0.2) is 23.9 Å². The molecule has 0 spiro atoms. The summed E-state index contributed by atoms with van der Waals surface area (Å²) in [6.07, 6.45) is 0.768. The molecule has 2 aromatic rings. The Labute approximate surface area is 123 Å². The molecule has 2 rings (SSSR count). The molecule has 0 amide bonds. The molecule has 110 valence electrons. The number of benzene rings is 1. The summed E-state index contributed by atoms with van der Waals surface area (Å²) in [7, 11) is 1.52. The second-order valence-electron chi connectivity index (χ2n) is 4.97. The molecule has 0 aliphatic rings. The van der Waals surface area contributed by atoms with Crippen molar-refractivity contribution in [3.8, 4) is 17.6 Å². The van der Waals surface area contributed by atoms with Crippen LogP contribution >= 0.6 is 0 Å². The van der Waals surface area contributed by atoms with Crippen LogP contribution in [0.1, 0.15) is 31.1 Å². The van der Waals surface area contributed by atoms with E-state index < -0.39 is 0 Å². The Morgan fingerprint density at radius 3 is 2.81 bits per heavy atom. The van der Waals surface area contributed by atoms with E-state index in [0.717, 1.165) is 6.42 Å². The number of hydrogen-bond acceptors (Lipinski definition) is 6. The van der Waals surface area contributed by atoms with Gasteiger partial charge in [0.1, 0.15) is 0 Å². The highest BCUT2D eigenvalue weighted by Gasteiger charge is 2.11. The van der Waals surface area contributed by atoms with E-state index in [2.05, 4.69) is 24.0 Å². The lowest BCUT2D eigenvalue weighted by Crippen LogP contribution is -2.00. The minimum Gasteiger partial charge on any atom is -0.493 e. The number of ether oxygens (including phenoxy) is 2. The molecule has 21 heavy (non-hydrogen) atoms. The van der Waals surface area contributed by atoms with E-state index in [4.69, 9.17) is 19.3 Å². The topological polar surface area (TPSA) is 81.2 Å². The maximum Gasteiger partial charge on any atom is 0.264 e. The van der Waals surface area contributed by atoms with Gasteiger partial charge in [0.05, 0.1) is 18.7 Å². The predicted molar refractivity (Wildman–Crippen MR) is 74.9 cm³/mol. The van der Waals surface area contributed by atoms with Crippen molar-refractivity contribution in [3.63, 3.8) is 0 Å². The van der Waals surface area contributed by atoms with Crippen molar-refractivity contribution in [2.45, 2.75) is 26.9 Å². The highest BCUT2D eigenvalue weighted by Crippen LogP contribution is 2.28. The van der Waals surface area contributed by atoms with Crippen molar-refractivity contribution in [1.82, 2.24) is 10.1 Å². The molecule has 1 aromatic carbocycles. The Balaban J connectivity index is 2.03. The van der Waals surface area contributed by atoms with Crippen LogP contribution in [0.2, 0.25) is 0 Å². The van der Waals surface area contributed by atoms with Crippen LogP contribution in [0.3, 0.4) is 0 Å². The van der Waals surface area contributed by atoms with E-state index >= 15 is 0 Å². The van der Waals surface area contributed by atoms with Gasteiger partial charge < -0.3 is 14.0 Å². The molecule has 0 unspecified atom stereocenters. The van der Waals surface area contributed by atoms with Gasteiger partial charge in [0.25, 0.3) is 5.89 Å². The second-order valence-corrected chi connectivity index (χ2v) is 4.97. The summed E-state index contributed by atoms with van der Waals surface area (Å²) in [6.45, 7) is 4.34. The molecule has 1 aromatic heterocycles. The Kier molecular flexibility index (Phi) is 4.77. The smallest absolute Gasteiger partial charge is 0.264 e. The first-order valence-electron chi connectivity index (χ1n) is 6.64. The van der Waals surface area contributed by atoms with Crippen molar-refractivity contribution in [2.75, 3.05) is 7.11 Å². The van der Waals surface area contributed by atoms with E-state index in [0.29, 0.717) is 34.7 Å². The van der Waals surface area contributed by atoms with Gasteiger partial charge in [-0.1, -0.05) is 19.0 Å². The number of nitrogens with zero attached hydrogens (tertiary/aromatic N) is 3. The first-order valence-corrected chi connectivity index (χ1v) is 6.64. The summed E-state index contributed by atoms with van der Waals surface area (Å²) >= 11 is 0. The Morgan fingerprint density at radius 2 is 2.14 bits per heavy atom. The zero-order valence-electron chi connectivity index (χ0n) is 12.3. The molecule has 0 bridgehead atoms. The van der Waals surface area contributed by atoms with Crippen LogP contribution in [0.5, 0.6) is 11.5 Å². The summed E-state index contributed by atoms with van der Waals surface area (Å²) < 4.78 is 15.9. The zero-order chi connectivity index (χ0) is 15.2. The van der Waals surface area contributed by atoms with E-state index in [1.165, 1.54) is 7.11 Å². The van der Waals surface area contributed by atoms with Gasteiger partial charge in [-0.2, -0.15) is 10.2 Å². The third-order valence-corrected chi connectivity index (χ3v) is 2.74. The Morgan fingerprint density at radius 1 is 1.33 bits per heavy atom. The number of rotatable bonds is 6. The van der Waals surface area contributed by atoms with E-state index in [-0.39, 0.29) is 6.61 Å². The normalized spacial score (nSPS) is 10.4. The van der Waals surface area contributed by atoms with Crippen molar-refractivity contribution >= 4 is 0 Å². The van der Waals surface area contributed by atoms with Gasteiger partial charge >= 0.3 is 0 Å². The molecule has 0 aliphatic carbocycles. The first-order chi connectivity index (χ1) is 10.1. The summed E-state index contributed by atoms with van der Waals surface area (Å²) in [5, 5.41) is 12.7. The largest absolute Gasteiger partial charge is 0.493 e. The SMILES string of the molecule is COc1cc(C#N)ccc1OCc1nc(CC(C)C)no1. The van der Waals surface area contributed by atoms with E-state index in [9.17, 15) is 0 Å². The summed E-state index contributed by atoms with van der Waals surface area (Å²) in [6, 6.07) is 7.01. The number of nitriles is 1. The van der Waals surface area contributed by atoms with Crippen LogP contribution in [0.4, 0.5) is 0 Å². The summed E-state index contributed by atoms with van der Waals surface area (Å²) in [4.78, 5) is 4.26. The quantitative estimate of drug-likeness (QED) is 0.812.